The van der Waals surface area contributed by atoms with Crippen LogP contribution < -0.4 is 10.2 Å². The zero-order valence-corrected chi connectivity index (χ0v) is 13.0. The molecule has 5 nitrogen and oxygen atoms in total. The lowest BCUT2D eigenvalue weighted by Crippen LogP contribution is -2.20. The molecule has 0 bridgehead atoms. The molecule has 3 rings (SSSR count). The van der Waals surface area contributed by atoms with Gasteiger partial charge in [0.15, 0.2) is 0 Å². The van der Waals surface area contributed by atoms with Crippen molar-refractivity contribution in [2.24, 2.45) is 0 Å². The van der Waals surface area contributed by atoms with Gasteiger partial charge in [0.25, 0.3) is 0 Å². The van der Waals surface area contributed by atoms with Gasteiger partial charge in [0.05, 0.1) is 6.10 Å². The molecule has 2 aromatic rings. The van der Waals surface area contributed by atoms with E-state index in [1.54, 1.807) is 18.5 Å². The fourth-order valence-electron chi connectivity index (χ4n) is 2.57. The van der Waals surface area contributed by atoms with Gasteiger partial charge < -0.3 is 15.3 Å². The van der Waals surface area contributed by atoms with E-state index in [9.17, 15) is 5.11 Å². The first kappa shape index (κ1) is 15.1. The largest absolute Gasteiger partial charge is 0.387 e. The van der Waals surface area contributed by atoms with Crippen LogP contribution in [0.2, 0.25) is 5.02 Å². The molecule has 0 aliphatic carbocycles. The smallest absolute Gasteiger partial charge is 0.134 e. The normalized spacial score (nSPS) is 15.8. The number of hydrogen-bond acceptors (Lipinski definition) is 5. The summed E-state index contributed by atoms with van der Waals surface area (Å²) in [5.41, 5.74) is 0.825. The summed E-state index contributed by atoms with van der Waals surface area (Å²) in [7, 11) is 0. The maximum atomic E-state index is 10.2. The van der Waals surface area contributed by atoms with Crippen molar-refractivity contribution in [3.8, 4) is 0 Å². The molecule has 1 aromatic heterocycles. The minimum Gasteiger partial charge on any atom is -0.387 e. The summed E-state index contributed by atoms with van der Waals surface area (Å²) in [5.74, 6) is 1.67. The fourth-order valence-corrected chi connectivity index (χ4v) is 2.69. The second kappa shape index (κ2) is 6.94. The van der Waals surface area contributed by atoms with Crippen molar-refractivity contribution < 1.29 is 5.11 Å². The molecule has 0 spiro atoms. The molecule has 22 heavy (non-hydrogen) atoms. The number of aliphatic hydroxyl groups excluding tert-OH is 1. The van der Waals surface area contributed by atoms with E-state index in [1.165, 1.54) is 12.8 Å². The predicted molar refractivity (Wildman–Crippen MR) is 88.4 cm³/mol. The number of aromatic nitrogens is 2. The van der Waals surface area contributed by atoms with Gasteiger partial charge in [-0.3, -0.25) is 0 Å². The standard InChI is InChI=1S/C16H19ClN4O/c17-13-5-3-12(4-6-13)14(22)10-18-15-9-16(20-11-19-15)21-7-1-2-8-21/h3-6,9,11,14,22H,1-2,7-8,10H2,(H,18,19,20). The van der Waals surface area contributed by atoms with E-state index in [0.29, 0.717) is 11.6 Å². The molecule has 2 heterocycles. The van der Waals surface area contributed by atoms with Gasteiger partial charge in [-0.15, -0.1) is 0 Å². The molecule has 0 saturated carbocycles. The average molecular weight is 319 g/mol. The summed E-state index contributed by atoms with van der Waals surface area (Å²) < 4.78 is 0. The molecule has 1 aliphatic heterocycles. The molecule has 1 saturated heterocycles. The summed E-state index contributed by atoms with van der Waals surface area (Å²) in [4.78, 5) is 10.8. The Hall–Kier alpha value is -1.85. The van der Waals surface area contributed by atoms with Crippen molar-refractivity contribution >= 4 is 23.2 Å². The predicted octanol–water partition coefficient (Wildman–Crippen LogP) is 2.88. The summed E-state index contributed by atoms with van der Waals surface area (Å²) in [6.45, 7) is 2.48. The third-order valence-corrected chi connectivity index (χ3v) is 4.07. The van der Waals surface area contributed by atoms with Crippen LogP contribution in [0, 0.1) is 0 Å². The van der Waals surface area contributed by atoms with E-state index in [4.69, 9.17) is 11.6 Å². The molecule has 0 amide bonds. The van der Waals surface area contributed by atoms with Crippen molar-refractivity contribution in [1.82, 2.24) is 9.97 Å². The summed E-state index contributed by atoms with van der Waals surface area (Å²) >= 11 is 5.85. The Kier molecular flexibility index (Phi) is 4.75. The first-order valence-corrected chi connectivity index (χ1v) is 7.84. The van der Waals surface area contributed by atoms with E-state index in [-0.39, 0.29) is 0 Å². The second-order valence-electron chi connectivity index (χ2n) is 5.40. The van der Waals surface area contributed by atoms with Crippen LogP contribution in [0.1, 0.15) is 24.5 Å². The van der Waals surface area contributed by atoms with Gasteiger partial charge in [0.1, 0.15) is 18.0 Å². The van der Waals surface area contributed by atoms with Gasteiger partial charge in [0.2, 0.25) is 0 Å². The topological polar surface area (TPSA) is 61.3 Å². The highest BCUT2D eigenvalue weighted by Gasteiger charge is 2.14. The number of anilines is 2. The summed E-state index contributed by atoms with van der Waals surface area (Å²) in [6.07, 6.45) is 3.37. The van der Waals surface area contributed by atoms with Gasteiger partial charge in [-0.2, -0.15) is 0 Å². The molecule has 1 atom stereocenters. The zero-order valence-electron chi connectivity index (χ0n) is 12.2. The highest BCUT2D eigenvalue weighted by Crippen LogP contribution is 2.20. The zero-order chi connectivity index (χ0) is 15.4. The maximum Gasteiger partial charge on any atom is 0.134 e. The van der Waals surface area contributed by atoms with E-state index in [0.717, 1.165) is 30.3 Å². The van der Waals surface area contributed by atoms with Crippen LogP contribution in [0.15, 0.2) is 36.7 Å². The van der Waals surface area contributed by atoms with Gasteiger partial charge in [0, 0.05) is 30.7 Å². The van der Waals surface area contributed by atoms with Crippen molar-refractivity contribution in [2.45, 2.75) is 18.9 Å². The molecule has 116 valence electrons. The van der Waals surface area contributed by atoms with Crippen LogP contribution >= 0.6 is 11.6 Å². The Morgan fingerprint density at radius 3 is 2.64 bits per heavy atom. The molecule has 2 N–H and O–H groups in total. The van der Waals surface area contributed by atoms with E-state index >= 15 is 0 Å². The number of aliphatic hydroxyl groups is 1. The molecular weight excluding hydrogens is 300 g/mol. The first-order chi connectivity index (χ1) is 10.7. The van der Waals surface area contributed by atoms with Crippen molar-refractivity contribution in [2.75, 3.05) is 29.9 Å². The number of nitrogens with one attached hydrogen (secondary N) is 1. The molecule has 1 aromatic carbocycles. The first-order valence-electron chi connectivity index (χ1n) is 7.47. The van der Waals surface area contributed by atoms with Crippen molar-refractivity contribution in [3.63, 3.8) is 0 Å². The van der Waals surface area contributed by atoms with Gasteiger partial charge in [-0.25, -0.2) is 9.97 Å². The summed E-state index contributed by atoms with van der Waals surface area (Å²) in [6, 6.07) is 9.13. The number of nitrogens with zero attached hydrogens (tertiary/aromatic N) is 3. The number of halogens is 1. The monoisotopic (exact) mass is 318 g/mol. The molecule has 1 fully saturated rings. The van der Waals surface area contributed by atoms with E-state index < -0.39 is 6.10 Å². The van der Waals surface area contributed by atoms with Crippen LogP contribution in [0.5, 0.6) is 0 Å². The van der Waals surface area contributed by atoms with Crippen LogP contribution in [0.3, 0.4) is 0 Å². The Balaban J connectivity index is 1.61. The Bertz CT molecular complexity index is 614. The van der Waals surface area contributed by atoms with Crippen LogP contribution in [0.25, 0.3) is 0 Å². The minimum absolute atomic E-state index is 0.387. The highest BCUT2D eigenvalue weighted by atomic mass is 35.5. The lowest BCUT2D eigenvalue weighted by atomic mass is 10.1. The van der Waals surface area contributed by atoms with Gasteiger partial charge in [-0.1, -0.05) is 23.7 Å². The average Bonchev–Trinajstić information content (AvgIpc) is 3.08. The van der Waals surface area contributed by atoms with E-state index in [2.05, 4.69) is 20.2 Å². The summed E-state index contributed by atoms with van der Waals surface area (Å²) in [5, 5.41) is 14.0. The van der Waals surface area contributed by atoms with Gasteiger partial charge in [-0.05, 0) is 30.5 Å². The molecule has 1 unspecified atom stereocenters. The molecule has 1 aliphatic rings. The Labute approximate surface area is 135 Å². The number of rotatable bonds is 5. The SMILES string of the molecule is OC(CNc1cc(N2CCCC2)ncn1)c1ccc(Cl)cc1. The quantitative estimate of drug-likeness (QED) is 0.887. The second-order valence-corrected chi connectivity index (χ2v) is 5.84. The van der Waals surface area contributed by atoms with Gasteiger partial charge >= 0.3 is 0 Å². The molecular formula is C16H19ClN4O. The third kappa shape index (κ3) is 3.67. The lowest BCUT2D eigenvalue weighted by molar-refractivity contribution is 0.191. The third-order valence-electron chi connectivity index (χ3n) is 3.81. The van der Waals surface area contributed by atoms with Crippen molar-refractivity contribution in [1.29, 1.82) is 0 Å². The minimum atomic E-state index is -0.609. The molecule has 0 radical (unpaired) electrons. The molecule has 6 heteroatoms. The Morgan fingerprint density at radius 1 is 1.18 bits per heavy atom. The number of benzene rings is 1. The van der Waals surface area contributed by atoms with E-state index in [1.807, 2.05) is 18.2 Å². The van der Waals surface area contributed by atoms with Crippen LogP contribution in [-0.2, 0) is 0 Å². The Morgan fingerprint density at radius 2 is 1.91 bits per heavy atom. The fraction of sp³-hybridized carbons (Fsp3) is 0.375. The maximum absolute atomic E-state index is 10.2. The highest BCUT2D eigenvalue weighted by molar-refractivity contribution is 6.30. The number of hydrogen-bond donors (Lipinski definition) is 2. The van der Waals surface area contributed by atoms with Crippen LogP contribution in [-0.4, -0.2) is 34.7 Å². The van der Waals surface area contributed by atoms with Crippen LogP contribution in [0.4, 0.5) is 11.6 Å². The lowest BCUT2D eigenvalue weighted by Gasteiger charge is -2.17. The van der Waals surface area contributed by atoms with Crippen molar-refractivity contribution in [3.05, 3.63) is 47.2 Å².